The van der Waals surface area contributed by atoms with Gasteiger partial charge in [0, 0.05) is 12.8 Å². The summed E-state index contributed by atoms with van der Waals surface area (Å²) in [7, 11) is 1.45. The highest BCUT2D eigenvalue weighted by Crippen LogP contribution is 2.43. The van der Waals surface area contributed by atoms with Gasteiger partial charge in [-0.15, -0.1) is 0 Å². The second-order valence-corrected chi connectivity index (χ2v) is 23.5. The standard InChI is InChI=1S/C70H118NO8P/c1-6-8-10-12-14-16-18-20-22-24-26-27-28-29-30-31-32-33-34-35-36-37-38-39-40-41-42-43-45-47-49-51-53-55-57-59-61-63-70(73)79-68(67-78-80(74,75)77-65-64-71(3,4)5)66-76-69(72)62-60-58-56-54-52-50-48-46-44-25-23-21-19-17-15-13-11-9-7-2/h8,10,14,16,20-23,26-27,29-30,32-33,35-36,38-39,41-42,45,47,68H,6-7,9,11-13,15,17-19,24-25,28,31,34,37,40,43-44,46,48-67H2,1-5H3/p+1/b10-8-,16-14-,22-20-,23-21-,27-26-,30-29-,33-32-,36-35-,39-38-,42-41-,47-45-. The summed E-state index contributed by atoms with van der Waals surface area (Å²) >= 11 is 0. The van der Waals surface area contributed by atoms with Crippen molar-refractivity contribution in [1.29, 1.82) is 0 Å². The molecule has 0 amide bonds. The van der Waals surface area contributed by atoms with Crippen molar-refractivity contribution in [2.45, 2.75) is 251 Å². The van der Waals surface area contributed by atoms with Crippen LogP contribution >= 0.6 is 7.82 Å². The first-order valence-electron chi connectivity index (χ1n) is 31.9. The predicted molar refractivity (Wildman–Crippen MR) is 344 cm³/mol. The number of phosphoric acid groups is 1. The maximum absolute atomic E-state index is 12.8. The van der Waals surface area contributed by atoms with E-state index >= 15 is 0 Å². The zero-order chi connectivity index (χ0) is 58.4. The zero-order valence-electron chi connectivity index (χ0n) is 51.8. The molecule has 0 fully saturated rings. The Bertz CT molecular complexity index is 1810. The minimum absolute atomic E-state index is 0.0219. The normalized spacial score (nSPS) is 14.1. The van der Waals surface area contributed by atoms with Gasteiger partial charge in [-0.1, -0.05) is 250 Å². The Labute approximate surface area is 491 Å². The number of hydrogen-bond acceptors (Lipinski definition) is 7. The Morgan fingerprint density at radius 1 is 0.400 bits per heavy atom. The van der Waals surface area contributed by atoms with Gasteiger partial charge in [0.15, 0.2) is 6.10 Å². The molecule has 10 heteroatoms. The Hall–Kier alpha value is -3.85. The molecule has 0 saturated heterocycles. The fourth-order valence-corrected chi connectivity index (χ4v) is 9.01. The van der Waals surface area contributed by atoms with Crippen molar-refractivity contribution in [3.8, 4) is 0 Å². The lowest BCUT2D eigenvalue weighted by atomic mass is 10.1. The first kappa shape index (κ1) is 76.1. The van der Waals surface area contributed by atoms with Gasteiger partial charge >= 0.3 is 19.8 Å². The van der Waals surface area contributed by atoms with Gasteiger partial charge in [0.05, 0.1) is 27.7 Å². The van der Waals surface area contributed by atoms with Crippen molar-refractivity contribution in [3.63, 3.8) is 0 Å². The summed E-state index contributed by atoms with van der Waals surface area (Å²) in [4.78, 5) is 35.7. The maximum Gasteiger partial charge on any atom is 0.472 e. The number of unbranched alkanes of at least 4 members (excludes halogenated alkanes) is 21. The van der Waals surface area contributed by atoms with Crippen molar-refractivity contribution in [2.75, 3.05) is 47.5 Å². The molecule has 80 heavy (non-hydrogen) atoms. The summed E-state index contributed by atoms with van der Waals surface area (Å²) in [6.07, 6.45) is 86.7. The summed E-state index contributed by atoms with van der Waals surface area (Å²) < 4.78 is 34.6. The van der Waals surface area contributed by atoms with E-state index in [9.17, 15) is 19.0 Å². The second-order valence-electron chi connectivity index (χ2n) is 22.1. The zero-order valence-corrected chi connectivity index (χ0v) is 52.7. The molecule has 0 aliphatic rings. The Kier molecular flexibility index (Phi) is 56.9. The molecule has 0 aliphatic heterocycles. The number of carbonyl (C=O) groups excluding carboxylic acids is 2. The number of quaternary nitrogens is 1. The number of rotatable bonds is 57. The van der Waals surface area contributed by atoms with E-state index in [1.165, 1.54) is 89.9 Å². The van der Waals surface area contributed by atoms with Gasteiger partial charge in [-0.25, -0.2) is 4.57 Å². The summed E-state index contributed by atoms with van der Waals surface area (Å²) in [6, 6.07) is 0. The van der Waals surface area contributed by atoms with Crippen molar-refractivity contribution in [3.05, 3.63) is 134 Å². The highest BCUT2D eigenvalue weighted by Gasteiger charge is 2.27. The Balaban J connectivity index is 4.18. The van der Waals surface area contributed by atoms with Crippen molar-refractivity contribution >= 4 is 19.8 Å². The van der Waals surface area contributed by atoms with Crippen LogP contribution in [0.15, 0.2) is 134 Å². The van der Waals surface area contributed by atoms with Crippen LogP contribution in [0.3, 0.4) is 0 Å². The minimum Gasteiger partial charge on any atom is -0.462 e. The van der Waals surface area contributed by atoms with Gasteiger partial charge in [0.2, 0.25) is 0 Å². The van der Waals surface area contributed by atoms with Gasteiger partial charge < -0.3 is 18.9 Å². The number of phosphoric ester groups is 1. The Morgan fingerprint density at radius 3 is 1.07 bits per heavy atom. The topological polar surface area (TPSA) is 108 Å². The smallest absolute Gasteiger partial charge is 0.462 e. The van der Waals surface area contributed by atoms with E-state index in [4.69, 9.17) is 18.5 Å². The van der Waals surface area contributed by atoms with Gasteiger partial charge in [-0.3, -0.25) is 18.6 Å². The van der Waals surface area contributed by atoms with E-state index in [0.717, 1.165) is 122 Å². The van der Waals surface area contributed by atoms with E-state index < -0.39 is 26.5 Å². The minimum atomic E-state index is -4.40. The van der Waals surface area contributed by atoms with Gasteiger partial charge in [-0.05, 0) is 116 Å². The van der Waals surface area contributed by atoms with Crippen LogP contribution in [0.25, 0.3) is 0 Å². The molecule has 2 unspecified atom stereocenters. The van der Waals surface area contributed by atoms with Gasteiger partial charge in [0.1, 0.15) is 19.8 Å². The summed E-state index contributed by atoms with van der Waals surface area (Å²) in [5.41, 5.74) is 0. The highest BCUT2D eigenvalue weighted by atomic mass is 31.2. The quantitative estimate of drug-likeness (QED) is 0.0211. The molecule has 0 spiro atoms. The van der Waals surface area contributed by atoms with Crippen molar-refractivity contribution in [2.24, 2.45) is 0 Å². The summed E-state index contributed by atoms with van der Waals surface area (Å²) in [6.45, 7) is 4.29. The molecule has 0 saturated carbocycles. The van der Waals surface area contributed by atoms with E-state index in [2.05, 4.69) is 148 Å². The predicted octanol–water partition coefficient (Wildman–Crippen LogP) is 20.5. The van der Waals surface area contributed by atoms with Crippen LogP contribution in [-0.2, 0) is 32.7 Å². The molecule has 0 aromatic rings. The average molecular weight is 1130 g/mol. The van der Waals surface area contributed by atoms with Crippen LogP contribution in [0.1, 0.15) is 245 Å². The molecule has 456 valence electrons. The lowest BCUT2D eigenvalue weighted by molar-refractivity contribution is -0.870. The molecular formula is C70H119NO8P+. The molecule has 0 rings (SSSR count). The van der Waals surface area contributed by atoms with Crippen LogP contribution in [0.4, 0.5) is 0 Å². The fourth-order valence-electron chi connectivity index (χ4n) is 8.27. The first-order valence-corrected chi connectivity index (χ1v) is 33.4. The van der Waals surface area contributed by atoms with E-state index in [0.29, 0.717) is 17.4 Å². The van der Waals surface area contributed by atoms with E-state index in [1.54, 1.807) is 0 Å². The van der Waals surface area contributed by atoms with E-state index in [-0.39, 0.29) is 32.0 Å². The molecule has 0 radical (unpaired) electrons. The highest BCUT2D eigenvalue weighted by molar-refractivity contribution is 7.47. The maximum atomic E-state index is 12.8. The number of esters is 2. The number of allylic oxidation sites excluding steroid dienone is 22. The lowest BCUT2D eigenvalue weighted by Crippen LogP contribution is -2.37. The lowest BCUT2D eigenvalue weighted by Gasteiger charge is -2.24. The number of nitrogens with zero attached hydrogens (tertiary/aromatic N) is 1. The van der Waals surface area contributed by atoms with Crippen molar-refractivity contribution in [1.82, 2.24) is 0 Å². The number of hydrogen-bond donors (Lipinski definition) is 1. The second kappa shape index (κ2) is 59.8. The third-order valence-electron chi connectivity index (χ3n) is 13.2. The number of carbonyl (C=O) groups is 2. The van der Waals surface area contributed by atoms with Crippen LogP contribution in [0.5, 0.6) is 0 Å². The van der Waals surface area contributed by atoms with Gasteiger partial charge in [0.25, 0.3) is 0 Å². The monoisotopic (exact) mass is 1130 g/mol. The Morgan fingerprint density at radius 2 is 0.713 bits per heavy atom. The largest absolute Gasteiger partial charge is 0.472 e. The number of ether oxygens (including phenoxy) is 2. The molecular weight excluding hydrogens is 1010 g/mol. The molecule has 9 nitrogen and oxygen atoms in total. The molecule has 0 aromatic heterocycles. The van der Waals surface area contributed by atoms with Gasteiger partial charge in [-0.2, -0.15) is 0 Å². The third-order valence-corrected chi connectivity index (χ3v) is 14.1. The molecule has 0 aliphatic carbocycles. The van der Waals surface area contributed by atoms with Crippen LogP contribution in [0.2, 0.25) is 0 Å². The molecule has 1 N–H and O–H groups in total. The molecule has 0 bridgehead atoms. The third kappa shape index (κ3) is 63.3. The SMILES string of the molecule is CC/C=C\C/C=C\C/C=C\C/C=C\C/C=C\C/C=C\C/C=C\C/C=C\C/C=C\C/C=C\CCCCCCCCC(=O)OC(COC(=O)CCCCCCCCCCC/C=C\CCCCCCCC)COP(=O)(O)OCC[N+](C)(C)C. The van der Waals surface area contributed by atoms with Crippen LogP contribution in [0, 0.1) is 0 Å². The molecule has 2 atom stereocenters. The average Bonchev–Trinajstić information content (AvgIpc) is 3.42. The first-order chi connectivity index (χ1) is 39.0. The van der Waals surface area contributed by atoms with Crippen LogP contribution in [-0.4, -0.2) is 74.9 Å². The number of likely N-dealkylation sites (N-methyl/N-ethyl adjacent to an activating group) is 1. The van der Waals surface area contributed by atoms with E-state index in [1.807, 2.05) is 21.1 Å². The summed E-state index contributed by atoms with van der Waals surface area (Å²) in [5, 5.41) is 0. The van der Waals surface area contributed by atoms with Crippen LogP contribution < -0.4 is 0 Å². The fraction of sp³-hybridized carbons (Fsp3) is 0.657. The van der Waals surface area contributed by atoms with Crippen molar-refractivity contribution < 1.29 is 42.1 Å². The molecule has 0 aromatic carbocycles. The molecule has 0 heterocycles. The summed E-state index contributed by atoms with van der Waals surface area (Å²) in [5.74, 6) is -0.822.